The van der Waals surface area contributed by atoms with E-state index in [0.29, 0.717) is 0 Å². The number of hydrogen-bond acceptors (Lipinski definition) is 3. The third kappa shape index (κ3) is 4.07. The molecule has 0 unspecified atom stereocenters. The van der Waals surface area contributed by atoms with Crippen molar-refractivity contribution in [3.63, 3.8) is 0 Å². The zero-order valence-corrected chi connectivity index (χ0v) is 28.2. The van der Waals surface area contributed by atoms with E-state index < -0.39 is 0 Å². The van der Waals surface area contributed by atoms with Gasteiger partial charge in [-0.2, -0.15) is 0 Å². The van der Waals surface area contributed by atoms with Gasteiger partial charge in [0.25, 0.3) is 0 Å². The van der Waals surface area contributed by atoms with Crippen molar-refractivity contribution >= 4 is 49.0 Å². The second kappa shape index (κ2) is 9.56. The Hall–Kier alpha value is -4.90. The Morgan fingerprint density at radius 2 is 1.35 bits per heavy atom. The first-order chi connectivity index (χ1) is 21.8. The molecule has 228 valence electrons. The van der Waals surface area contributed by atoms with Crippen LogP contribution in [0.5, 0.6) is 0 Å². The van der Waals surface area contributed by atoms with Crippen LogP contribution in [0.25, 0.3) is 71.5 Å². The fraction of sp³-hybridized carbons (Fsp3) is 0.268. The van der Waals surface area contributed by atoms with E-state index in [9.17, 15) is 0 Å². The molecule has 0 fully saturated rings. The Labute approximate surface area is 269 Å². The summed E-state index contributed by atoms with van der Waals surface area (Å²) in [6.45, 7) is 17.5. The number of nitrogens with zero attached hydrogens (tertiary/aromatic N) is 5. The van der Waals surface area contributed by atoms with Crippen LogP contribution < -0.4 is 4.57 Å². The maximum Gasteiger partial charge on any atom is 0.224 e. The molecular weight excluding hydrogens is 562 g/mol. The summed E-state index contributed by atoms with van der Waals surface area (Å²) in [5.41, 5.74) is 10.6. The third-order valence-corrected chi connectivity index (χ3v) is 9.61. The Bertz CT molecular complexity index is 2470. The van der Waals surface area contributed by atoms with Gasteiger partial charge in [-0.1, -0.05) is 84.0 Å². The molecule has 0 radical (unpaired) electrons. The zero-order valence-electron chi connectivity index (χ0n) is 28.2. The summed E-state index contributed by atoms with van der Waals surface area (Å²) in [6, 6.07) is 26.7. The topological polar surface area (TPSA) is 47.0 Å². The molecule has 0 amide bonds. The first kappa shape index (κ1) is 28.6. The van der Waals surface area contributed by atoms with E-state index in [2.05, 4.69) is 150 Å². The number of fused-ring (bicyclic) bond motifs is 5. The van der Waals surface area contributed by atoms with Crippen LogP contribution in [-0.4, -0.2) is 19.4 Å². The first-order valence-corrected chi connectivity index (χ1v) is 16.2. The molecule has 0 atom stereocenters. The maximum atomic E-state index is 5.11. The van der Waals surface area contributed by atoms with E-state index in [-0.39, 0.29) is 10.8 Å². The number of hydrogen-bond donors (Lipinski definition) is 0. The molecule has 0 saturated carbocycles. The lowest BCUT2D eigenvalue weighted by Gasteiger charge is -2.23. The van der Waals surface area contributed by atoms with Gasteiger partial charge in [-0.05, 0) is 65.8 Å². The second-order valence-corrected chi connectivity index (χ2v) is 15.0. The molecule has 0 saturated heterocycles. The predicted molar refractivity (Wildman–Crippen MR) is 191 cm³/mol. The van der Waals surface area contributed by atoms with Gasteiger partial charge in [0.1, 0.15) is 18.7 Å². The van der Waals surface area contributed by atoms with Gasteiger partial charge in [0.2, 0.25) is 5.52 Å². The lowest BCUT2D eigenvalue weighted by atomic mass is 9.92. The van der Waals surface area contributed by atoms with Crippen LogP contribution in [-0.2, 0) is 17.9 Å². The molecule has 0 aliphatic heterocycles. The van der Waals surface area contributed by atoms with Crippen LogP contribution in [0.2, 0.25) is 0 Å². The SMILES string of the molecule is Cc1cc2c3c(-c4ccccc4)cccc3n3c4cc(-c5nc(C(C)(C)C)nc(C(C)(C)C)n5)cc5cc[n+](C)c(c(c1C)c23)c54. The summed E-state index contributed by atoms with van der Waals surface area (Å²) >= 11 is 0. The van der Waals surface area contributed by atoms with Crippen molar-refractivity contribution < 1.29 is 4.57 Å². The van der Waals surface area contributed by atoms with Crippen molar-refractivity contribution in [1.29, 1.82) is 0 Å². The maximum absolute atomic E-state index is 5.11. The molecule has 46 heavy (non-hydrogen) atoms. The van der Waals surface area contributed by atoms with Gasteiger partial charge in [0.05, 0.1) is 27.3 Å². The van der Waals surface area contributed by atoms with Crippen molar-refractivity contribution in [3.05, 3.63) is 102 Å². The number of rotatable bonds is 2. The first-order valence-electron chi connectivity index (χ1n) is 16.2. The lowest BCUT2D eigenvalue weighted by molar-refractivity contribution is -0.643. The average Bonchev–Trinajstić information content (AvgIpc) is 3.35. The van der Waals surface area contributed by atoms with Crippen LogP contribution >= 0.6 is 0 Å². The fourth-order valence-electron chi connectivity index (χ4n) is 7.12. The summed E-state index contributed by atoms with van der Waals surface area (Å²) in [6.07, 6.45) is 2.20. The summed E-state index contributed by atoms with van der Waals surface area (Å²) in [5, 5.41) is 6.30. The van der Waals surface area contributed by atoms with E-state index in [0.717, 1.165) is 28.6 Å². The number of benzene rings is 4. The zero-order chi connectivity index (χ0) is 32.3. The molecule has 4 aromatic carbocycles. The minimum atomic E-state index is -0.214. The highest BCUT2D eigenvalue weighted by Gasteiger charge is 2.29. The van der Waals surface area contributed by atoms with Crippen LogP contribution in [0.3, 0.4) is 0 Å². The number of aromatic nitrogens is 5. The van der Waals surface area contributed by atoms with Gasteiger partial charge in [0.15, 0.2) is 12.0 Å². The van der Waals surface area contributed by atoms with E-state index in [1.54, 1.807) is 0 Å². The minimum absolute atomic E-state index is 0.214. The molecule has 5 heteroatoms. The third-order valence-electron chi connectivity index (χ3n) is 9.61. The van der Waals surface area contributed by atoms with E-state index in [4.69, 9.17) is 15.0 Å². The molecule has 5 nitrogen and oxygen atoms in total. The van der Waals surface area contributed by atoms with Crippen molar-refractivity contribution in [3.8, 4) is 22.5 Å². The Kier molecular flexibility index (Phi) is 5.93. The van der Waals surface area contributed by atoms with Gasteiger partial charge in [0, 0.05) is 33.2 Å². The van der Waals surface area contributed by atoms with Crippen LogP contribution in [0.15, 0.2) is 79.0 Å². The van der Waals surface area contributed by atoms with Crippen LogP contribution in [0.1, 0.15) is 64.3 Å². The van der Waals surface area contributed by atoms with E-state index in [1.807, 2.05) is 0 Å². The van der Waals surface area contributed by atoms with Gasteiger partial charge >= 0.3 is 0 Å². The minimum Gasteiger partial charge on any atom is -0.307 e. The smallest absolute Gasteiger partial charge is 0.224 e. The summed E-state index contributed by atoms with van der Waals surface area (Å²) in [5.74, 6) is 2.35. The average molecular weight is 603 g/mol. The van der Waals surface area contributed by atoms with Crippen LogP contribution in [0, 0.1) is 13.8 Å². The van der Waals surface area contributed by atoms with Gasteiger partial charge in [-0.15, -0.1) is 0 Å². The number of pyridine rings is 2. The van der Waals surface area contributed by atoms with Crippen molar-refractivity contribution in [2.45, 2.75) is 66.2 Å². The molecule has 4 heterocycles. The van der Waals surface area contributed by atoms with E-state index >= 15 is 0 Å². The summed E-state index contributed by atoms with van der Waals surface area (Å²) < 4.78 is 4.80. The van der Waals surface area contributed by atoms with E-state index in [1.165, 1.54) is 65.7 Å². The highest BCUT2D eigenvalue weighted by atomic mass is 15.1. The highest BCUT2D eigenvalue weighted by molar-refractivity contribution is 6.28. The Morgan fingerprint density at radius 1 is 0.652 bits per heavy atom. The second-order valence-electron chi connectivity index (χ2n) is 15.0. The highest BCUT2D eigenvalue weighted by Crippen LogP contribution is 2.45. The van der Waals surface area contributed by atoms with Crippen molar-refractivity contribution in [1.82, 2.24) is 19.4 Å². The van der Waals surface area contributed by atoms with Gasteiger partial charge < -0.3 is 4.40 Å². The molecule has 8 rings (SSSR count). The summed E-state index contributed by atoms with van der Waals surface area (Å²) in [7, 11) is 2.17. The molecule has 0 spiro atoms. The molecule has 0 aliphatic carbocycles. The largest absolute Gasteiger partial charge is 0.307 e. The molecule has 8 aromatic rings. The van der Waals surface area contributed by atoms with Crippen LogP contribution in [0.4, 0.5) is 0 Å². The predicted octanol–water partition coefficient (Wildman–Crippen LogP) is 9.55. The van der Waals surface area contributed by atoms with Gasteiger partial charge in [-0.3, -0.25) is 0 Å². The van der Waals surface area contributed by atoms with Gasteiger partial charge in [-0.25, -0.2) is 19.5 Å². The molecule has 0 N–H and O–H groups in total. The van der Waals surface area contributed by atoms with Crippen molar-refractivity contribution in [2.24, 2.45) is 7.05 Å². The monoisotopic (exact) mass is 602 g/mol. The number of aryl methyl sites for hydroxylation is 3. The quantitative estimate of drug-likeness (QED) is 0.112. The lowest BCUT2D eigenvalue weighted by Crippen LogP contribution is -2.29. The molecule has 0 bridgehead atoms. The molecule has 0 aliphatic rings. The molecular formula is C41H40N5+. The normalized spacial score (nSPS) is 12.9. The molecule has 4 aromatic heterocycles. The van der Waals surface area contributed by atoms with Crippen molar-refractivity contribution in [2.75, 3.05) is 0 Å². The Morgan fingerprint density at radius 3 is 2.02 bits per heavy atom. The fourth-order valence-corrected chi connectivity index (χ4v) is 7.12. The Balaban J connectivity index is 1.60. The standard InChI is InChI=1S/C41H40N5/c1-23-20-29-34-28(25-14-11-10-12-15-25)16-13-17-30(34)46-31-22-27(37-42-38(40(3,4)5)44-39(43-37)41(6,7)8)21-26-18-19-45(9)36(33(26)31)32(24(23)2)35(29)46/h10-22H,1-9H3/q+1. The summed E-state index contributed by atoms with van der Waals surface area (Å²) in [4.78, 5) is 15.2.